The molecule has 0 radical (unpaired) electrons. The topological polar surface area (TPSA) is 80.3 Å². The van der Waals surface area contributed by atoms with E-state index in [4.69, 9.17) is 0 Å². The van der Waals surface area contributed by atoms with Crippen LogP contribution in [-0.4, -0.2) is 16.8 Å². The summed E-state index contributed by atoms with van der Waals surface area (Å²) in [5.74, 6) is -1.36. The maximum Gasteiger partial charge on any atom is 0.335 e. The van der Waals surface area contributed by atoms with Gasteiger partial charge in [-0.2, -0.15) is 8.42 Å². The summed E-state index contributed by atoms with van der Waals surface area (Å²) in [6.45, 7) is 1.82. The number of aryl methyl sites for hydroxylation is 1. The molecule has 1 N–H and O–H groups in total. The van der Waals surface area contributed by atoms with Crippen LogP contribution in [0.15, 0.2) is 52.3 Å². The van der Waals surface area contributed by atoms with Gasteiger partial charge in [0, 0.05) is 5.69 Å². The fourth-order valence-electron chi connectivity index (χ4n) is 1.67. The van der Waals surface area contributed by atoms with Crippen molar-refractivity contribution >= 4 is 25.9 Å². The average molecular weight is 347 g/mol. The third-order valence-electron chi connectivity index (χ3n) is 2.78. The largest absolute Gasteiger partial charge is 0.335 e. The molecule has 0 saturated heterocycles. The average Bonchev–Trinajstić information content (AvgIpc) is 2.40. The summed E-state index contributed by atoms with van der Waals surface area (Å²) in [6.07, 6.45) is 0. The molecule has 2 aromatic rings. The quantitative estimate of drug-likeness (QED) is 0.862. The molecule has 0 fully saturated rings. The van der Waals surface area contributed by atoms with Crippen molar-refractivity contribution in [2.45, 2.75) is 16.7 Å². The zero-order valence-corrected chi connectivity index (χ0v) is 12.9. The lowest BCUT2D eigenvalue weighted by molar-refractivity contribution is 0.532. The van der Waals surface area contributed by atoms with Crippen LogP contribution >= 0.6 is 0 Å². The molecule has 0 saturated carbocycles. The number of benzene rings is 2. The van der Waals surface area contributed by atoms with Crippen LogP contribution in [0.4, 0.5) is 14.0 Å². The van der Waals surface area contributed by atoms with Crippen molar-refractivity contribution < 1.29 is 25.1 Å². The normalized spacial score (nSPS) is 12.1. The number of sulfonamides is 1. The minimum atomic E-state index is -5.36. The zero-order chi connectivity index (χ0) is 16.5. The third kappa shape index (κ3) is 3.60. The van der Waals surface area contributed by atoms with Crippen molar-refractivity contribution in [2.75, 3.05) is 4.72 Å². The summed E-state index contributed by atoms with van der Waals surface area (Å²) in [4.78, 5) is -1.88. The van der Waals surface area contributed by atoms with Crippen molar-refractivity contribution in [1.29, 1.82) is 0 Å². The minimum Gasteiger partial charge on any atom is -0.280 e. The Bertz CT molecular complexity index is 908. The van der Waals surface area contributed by atoms with Crippen molar-refractivity contribution in [3.8, 4) is 0 Å². The van der Waals surface area contributed by atoms with E-state index in [0.717, 1.165) is 11.6 Å². The van der Waals surface area contributed by atoms with E-state index in [1.165, 1.54) is 12.1 Å². The lowest BCUT2D eigenvalue weighted by Crippen LogP contribution is -2.14. The summed E-state index contributed by atoms with van der Waals surface area (Å²) in [7, 11) is -9.54. The lowest BCUT2D eigenvalue weighted by Gasteiger charge is -2.09. The fourth-order valence-corrected chi connectivity index (χ4v) is 3.40. The number of rotatable bonds is 4. The second-order valence-electron chi connectivity index (χ2n) is 4.50. The SMILES string of the molecule is Cc1ccc(NS(=O)(=O)c2ccc(F)c(S(=O)(=O)F)c2)cc1. The zero-order valence-electron chi connectivity index (χ0n) is 11.2. The molecule has 2 aromatic carbocycles. The summed E-state index contributed by atoms with van der Waals surface area (Å²) in [5.41, 5.74) is 1.15. The molecule has 0 aliphatic rings. The highest BCUT2D eigenvalue weighted by molar-refractivity contribution is 7.92. The molecule has 5 nitrogen and oxygen atoms in total. The molecule has 2 rings (SSSR count). The van der Waals surface area contributed by atoms with E-state index >= 15 is 0 Å². The minimum absolute atomic E-state index is 0.236. The summed E-state index contributed by atoms with van der Waals surface area (Å²) in [6, 6.07) is 8.20. The van der Waals surface area contributed by atoms with Gasteiger partial charge in [-0.15, -0.1) is 3.89 Å². The van der Waals surface area contributed by atoms with Crippen LogP contribution in [0.25, 0.3) is 0 Å². The molecule has 0 spiro atoms. The molecule has 0 bridgehead atoms. The number of halogens is 2. The summed E-state index contributed by atoms with van der Waals surface area (Å²) >= 11 is 0. The van der Waals surface area contributed by atoms with Gasteiger partial charge >= 0.3 is 10.2 Å². The van der Waals surface area contributed by atoms with Gasteiger partial charge in [0.15, 0.2) is 0 Å². The van der Waals surface area contributed by atoms with Crippen LogP contribution in [-0.2, 0) is 20.2 Å². The van der Waals surface area contributed by atoms with Gasteiger partial charge in [0.1, 0.15) is 10.7 Å². The fraction of sp³-hybridized carbons (Fsp3) is 0.0769. The molecule has 118 valence electrons. The second-order valence-corrected chi connectivity index (χ2v) is 7.50. The highest BCUT2D eigenvalue weighted by Crippen LogP contribution is 2.23. The maximum atomic E-state index is 13.3. The summed E-state index contributed by atoms with van der Waals surface area (Å²) in [5, 5.41) is 0. The Kier molecular flexibility index (Phi) is 4.21. The van der Waals surface area contributed by atoms with Gasteiger partial charge in [-0.3, -0.25) is 4.72 Å². The highest BCUT2D eigenvalue weighted by atomic mass is 32.3. The molecular formula is C13H11F2NO4S2. The molecule has 0 aliphatic heterocycles. The van der Waals surface area contributed by atoms with Gasteiger partial charge < -0.3 is 0 Å². The van der Waals surface area contributed by atoms with Gasteiger partial charge in [0.25, 0.3) is 10.0 Å². The van der Waals surface area contributed by atoms with Crippen LogP contribution in [0.5, 0.6) is 0 Å². The van der Waals surface area contributed by atoms with E-state index in [9.17, 15) is 25.1 Å². The Balaban J connectivity index is 2.44. The first kappa shape index (κ1) is 16.4. The van der Waals surface area contributed by atoms with Gasteiger partial charge in [-0.25, -0.2) is 12.8 Å². The number of hydrogen-bond donors (Lipinski definition) is 1. The molecular weight excluding hydrogens is 336 g/mol. The molecule has 9 heteroatoms. The standard InChI is InChI=1S/C13H11F2NO4S2/c1-9-2-4-10(5-3-9)16-22(19,20)11-6-7-12(14)13(8-11)21(15,17)18/h2-8,16H,1H3. The van der Waals surface area contributed by atoms with Crippen LogP contribution in [0, 0.1) is 12.7 Å². The molecule has 0 unspecified atom stereocenters. The van der Waals surface area contributed by atoms with Crippen molar-refractivity contribution in [2.24, 2.45) is 0 Å². The maximum absolute atomic E-state index is 13.3. The highest BCUT2D eigenvalue weighted by Gasteiger charge is 2.23. The molecule has 0 aromatic heterocycles. The van der Waals surface area contributed by atoms with Gasteiger partial charge in [-0.1, -0.05) is 17.7 Å². The van der Waals surface area contributed by atoms with E-state index in [2.05, 4.69) is 4.72 Å². The summed E-state index contributed by atoms with van der Waals surface area (Å²) < 4.78 is 74.3. The van der Waals surface area contributed by atoms with E-state index < -0.39 is 35.9 Å². The molecule has 0 amide bonds. The van der Waals surface area contributed by atoms with Gasteiger partial charge in [0.2, 0.25) is 0 Å². The van der Waals surface area contributed by atoms with E-state index in [0.29, 0.717) is 12.1 Å². The first-order chi connectivity index (χ1) is 10.1. The van der Waals surface area contributed by atoms with E-state index in [1.54, 1.807) is 12.1 Å². The van der Waals surface area contributed by atoms with E-state index in [-0.39, 0.29) is 5.69 Å². The second kappa shape index (κ2) is 5.65. The third-order valence-corrected chi connectivity index (χ3v) is 5.00. The van der Waals surface area contributed by atoms with Crippen molar-refractivity contribution in [1.82, 2.24) is 0 Å². The molecule has 0 atom stereocenters. The smallest absolute Gasteiger partial charge is 0.280 e. The first-order valence-corrected chi connectivity index (χ1v) is 8.80. The lowest BCUT2D eigenvalue weighted by atomic mass is 10.2. The van der Waals surface area contributed by atoms with Crippen molar-refractivity contribution in [3.63, 3.8) is 0 Å². The van der Waals surface area contributed by atoms with Crippen molar-refractivity contribution in [3.05, 3.63) is 53.8 Å². The van der Waals surface area contributed by atoms with Crippen LogP contribution in [0.3, 0.4) is 0 Å². The van der Waals surface area contributed by atoms with E-state index in [1.807, 2.05) is 6.92 Å². The Hall–Kier alpha value is -2.00. The predicted octanol–water partition coefficient (Wildman–Crippen LogP) is 2.59. The van der Waals surface area contributed by atoms with Crippen LogP contribution in [0.2, 0.25) is 0 Å². The van der Waals surface area contributed by atoms with Gasteiger partial charge in [-0.05, 0) is 37.3 Å². The Morgan fingerprint density at radius 2 is 1.55 bits per heavy atom. The number of nitrogens with one attached hydrogen (secondary N) is 1. The van der Waals surface area contributed by atoms with Crippen LogP contribution in [0.1, 0.15) is 5.56 Å². The first-order valence-electron chi connectivity index (χ1n) is 5.93. The monoisotopic (exact) mass is 347 g/mol. The van der Waals surface area contributed by atoms with Crippen LogP contribution < -0.4 is 4.72 Å². The van der Waals surface area contributed by atoms with Gasteiger partial charge in [0.05, 0.1) is 4.90 Å². The Labute approximate surface area is 126 Å². The molecule has 0 heterocycles. The molecule has 0 aliphatic carbocycles. The number of hydrogen-bond acceptors (Lipinski definition) is 4. The number of anilines is 1. The molecule has 22 heavy (non-hydrogen) atoms. The predicted molar refractivity (Wildman–Crippen MR) is 76.7 cm³/mol. The Morgan fingerprint density at radius 3 is 2.09 bits per heavy atom. The Morgan fingerprint density at radius 1 is 0.955 bits per heavy atom.